The summed E-state index contributed by atoms with van der Waals surface area (Å²) < 4.78 is 21.9. The fraction of sp³-hybridized carbons (Fsp3) is 1.00. The molecule has 0 aromatic heterocycles. The first kappa shape index (κ1) is 25.9. The fourth-order valence-corrected chi connectivity index (χ4v) is 3.71. The van der Waals surface area contributed by atoms with E-state index in [9.17, 15) is 30.7 Å². The van der Waals surface area contributed by atoms with Crippen LogP contribution in [0.3, 0.4) is 0 Å². The van der Waals surface area contributed by atoms with Crippen LogP contribution in [0.1, 0.15) is 6.92 Å². The minimum Gasteiger partial charge on any atom is -0.569 e. The van der Waals surface area contributed by atoms with Gasteiger partial charge in [0.2, 0.25) is 5.28 Å². The standard InChI is InChI=1S/C16H32N4O11/c1-7-10(22)11(23)15(9(6-21)29-7)31-16-13(25)12(24)14(28-2)8(30-16)5-19(4-3-17)20(27)18-26/h7-16,21-26H,3-6,17H2,1-2H3/b20-18-/t7-,8-,9-,10+,11-,12-,13-,14-,15?,16-/m1/s1. The Morgan fingerprint density at radius 2 is 1.71 bits per heavy atom. The number of nitrogens with two attached hydrogens (primary N) is 1. The van der Waals surface area contributed by atoms with Crippen LogP contribution in [0.15, 0.2) is 5.28 Å². The summed E-state index contributed by atoms with van der Waals surface area (Å²) in [6.45, 7) is 0.694. The molecule has 10 atom stereocenters. The Kier molecular flexibility index (Phi) is 9.56. The van der Waals surface area contributed by atoms with Crippen LogP contribution in [-0.4, -0.2) is 135 Å². The molecule has 1 unspecified atom stereocenters. The van der Waals surface area contributed by atoms with Gasteiger partial charge in [0, 0.05) is 13.7 Å². The first-order valence-electron chi connectivity index (χ1n) is 9.79. The number of aliphatic hydroxyl groups is 5. The average molecular weight is 456 g/mol. The van der Waals surface area contributed by atoms with Gasteiger partial charge in [-0.25, -0.2) is 0 Å². The Balaban J connectivity index is 2.21. The van der Waals surface area contributed by atoms with Crippen molar-refractivity contribution in [2.24, 2.45) is 11.0 Å². The van der Waals surface area contributed by atoms with Gasteiger partial charge >= 0.3 is 0 Å². The fourth-order valence-electron chi connectivity index (χ4n) is 3.71. The lowest BCUT2D eigenvalue weighted by Gasteiger charge is -2.46. The van der Waals surface area contributed by atoms with Crippen LogP contribution in [0.2, 0.25) is 0 Å². The predicted octanol–water partition coefficient (Wildman–Crippen LogP) is -4.14. The average Bonchev–Trinajstić information content (AvgIpc) is 2.76. The molecule has 0 radical (unpaired) electrons. The Labute approximate surface area is 178 Å². The molecule has 0 aromatic rings. The molecule has 0 aromatic carbocycles. The molecular weight excluding hydrogens is 424 g/mol. The molecule has 2 rings (SSSR count). The number of hydrogen-bond acceptors (Lipinski definition) is 12. The van der Waals surface area contributed by atoms with E-state index in [0.717, 1.165) is 5.01 Å². The molecule has 0 aliphatic carbocycles. The van der Waals surface area contributed by atoms with Crippen LogP contribution in [0.5, 0.6) is 0 Å². The molecule has 182 valence electrons. The lowest BCUT2D eigenvalue weighted by Crippen LogP contribution is -2.65. The Morgan fingerprint density at radius 1 is 1.06 bits per heavy atom. The number of rotatable bonds is 9. The van der Waals surface area contributed by atoms with Crippen molar-refractivity contribution in [2.45, 2.75) is 68.1 Å². The van der Waals surface area contributed by atoms with Crippen molar-refractivity contribution < 1.29 is 54.7 Å². The number of nitrogens with zero attached hydrogens (tertiary/aromatic N) is 3. The first-order valence-corrected chi connectivity index (χ1v) is 9.79. The lowest BCUT2D eigenvalue weighted by atomic mass is 9.94. The van der Waals surface area contributed by atoms with E-state index < -0.39 is 67.8 Å². The zero-order valence-electron chi connectivity index (χ0n) is 17.2. The Hall–Kier alpha value is -1.40. The van der Waals surface area contributed by atoms with Gasteiger partial charge in [0.15, 0.2) is 6.29 Å². The van der Waals surface area contributed by atoms with Crippen LogP contribution in [-0.2, 0) is 18.9 Å². The van der Waals surface area contributed by atoms with Crippen LogP contribution in [0.25, 0.3) is 0 Å². The van der Waals surface area contributed by atoms with E-state index in [1.165, 1.54) is 14.0 Å². The number of hydrazine groups is 1. The van der Waals surface area contributed by atoms with Crippen molar-refractivity contribution in [2.75, 3.05) is 33.4 Å². The maximum atomic E-state index is 11.7. The molecule has 0 amide bonds. The topological polar surface area (TPSA) is 226 Å². The number of ether oxygens (including phenoxy) is 4. The zero-order valence-corrected chi connectivity index (χ0v) is 17.2. The molecule has 15 nitrogen and oxygen atoms in total. The molecule has 2 heterocycles. The summed E-state index contributed by atoms with van der Waals surface area (Å²) in [5, 5.41) is 74.9. The highest BCUT2D eigenvalue weighted by atomic mass is 16.7. The van der Waals surface area contributed by atoms with Crippen molar-refractivity contribution in [3.63, 3.8) is 0 Å². The van der Waals surface area contributed by atoms with E-state index in [0.29, 0.717) is 0 Å². The van der Waals surface area contributed by atoms with Crippen LogP contribution in [0.4, 0.5) is 0 Å². The second-order valence-electron chi connectivity index (χ2n) is 7.41. The van der Waals surface area contributed by atoms with E-state index in [4.69, 9.17) is 29.9 Å². The summed E-state index contributed by atoms with van der Waals surface area (Å²) in [4.78, 5) is -0.117. The van der Waals surface area contributed by atoms with E-state index in [-0.39, 0.29) is 24.6 Å². The molecule has 31 heavy (non-hydrogen) atoms. The first-order chi connectivity index (χ1) is 14.7. The van der Waals surface area contributed by atoms with Gasteiger partial charge in [-0.05, 0) is 6.92 Å². The van der Waals surface area contributed by atoms with E-state index in [2.05, 4.69) is 5.28 Å². The van der Waals surface area contributed by atoms with Crippen molar-refractivity contribution in [1.82, 2.24) is 5.01 Å². The number of methoxy groups -OCH3 is 1. The highest BCUT2D eigenvalue weighted by Crippen LogP contribution is 2.30. The molecule has 8 N–H and O–H groups in total. The lowest BCUT2D eigenvalue weighted by molar-refractivity contribution is -0.711. The van der Waals surface area contributed by atoms with Crippen molar-refractivity contribution >= 4 is 0 Å². The van der Waals surface area contributed by atoms with Gasteiger partial charge in [0.05, 0.1) is 24.2 Å². The Morgan fingerprint density at radius 3 is 2.26 bits per heavy atom. The molecule has 0 saturated carbocycles. The molecule has 2 saturated heterocycles. The van der Waals surface area contributed by atoms with Gasteiger partial charge in [-0.1, -0.05) is 0 Å². The summed E-state index contributed by atoms with van der Waals surface area (Å²) in [6.07, 6.45) is -12.8. The minimum atomic E-state index is -1.64. The summed E-state index contributed by atoms with van der Waals surface area (Å²) in [5.41, 5.74) is 5.46. The zero-order chi connectivity index (χ0) is 23.3. The van der Waals surface area contributed by atoms with Crippen molar-refractivity contribution in [1.29, 1.82) is 0 Å². The van der Waals surface area contributed by atoms with Crippen molar-refractivity contribution in [3.05, 3.63) is 5.21 Å². The third kappa shape index (κ3) is 5.70. The Bertz CT molecular complexity index is 586. The van der Waals surface area contributed by atoms with E-state index >= 15 is 0 Å². The summed E-state index contributed by atoms with van der Waals surface area (Å²) in [5.74, 6) is 0. The minimum absolute atomic E-state index is 0.0279. The number of hydrogen-bond donors (Lipinski definition) is 7. The van der Waals surface area contributed by atoms with Crippen LogP contribution >= 0.6 is 0 Å². The third-order valence-electron chi connectivity index (χ3n) is 5.40. The molecule has 0 bridgehead atoms. The maximum Gasteiger partial charge on any atom is 0.230 e. The van der Waals surface area contributed by atoms with Gasteiger partial charge in [-0.3, -0.25) is 0 Å². The van der Waals surface area contributed by atoms with Crippen molar-refractivity contribution in [3.8, 4) is 0 Å². The third-order valence-corrected chi connectivity index (χ3v) is 5.40. The summed E-state index contributed by atoms with van der Waals surface area (Å²) >= 11 is 0. The highest BCUT2D eigenvalue weighted by Gasteiger charge is 2.50. The smallest absolute Gasteiger partial charge is 0.230 e. The molecule has 2 aliphatic rings. The van der Waals surface area contributed by atoms with Crippen LogP contribution in [0, 0.1) is 5.21 Å². The molecule has 15 heteroatoms. The normalized spacial score (nSPS) is 41.9. The van der Waals surface area contributed by atoms with Gasteiger partial charge in [0.1, 0.15) is 55.4 Å². The number of aliphatic hydroxyl groups excluding tert-OH is 5. The second-order valence-corrected chi connectivity index (χ2v) is 7.41. The monoisotopic (exact) mass is 456 g/mol. The quantitative estimate of drug-likeness (QED) is 0.0994. The molecule has 2 aliphatic heterocycles. The summed E-state index contributed by atoms with van der Waals surface area (Å²) in [6, 6.07) is 0. The van der Waals surface area contributed by atoms with Gasteiger partial charge in [-0.2, -0.15) is 0 Å². The van der Waals surface area contributed by atoms with Gasteiger partial charge in [-0.15, -0.1) is 5.01 Å². The van der Waals surface area contributed by atoms with Gasteiger partial charge in [0.25, 0.3) is 0 Å². The van der Waals surface area contributed by atoms with E-state index in [1.54, 1.807) is 0 Å². The van der Waals surface area contributed by atoms with E-state index in [1.807, 2.05) is 0 Å². The molecule has 2 fully saturated rings. The summed E-state index contributed by atoms with van der Waals surface area (Å²) in [7, 11) is 1.26. The van der Waals surface area contributed by atoms with Gasteiger partial charge < -0.3 is 60.6 Å². The molecular formula is C16H32N4O11. The predicted molar refractivity (Wildman–Crippen MR) is 98.2 cm³/mol. The largest absolute Gasteiger partial charge is 0.569 e. The maximum absolute atomic E-state index is 11.7. The highest BCUT2D eigenvalue weighted by molar-refractivity contribution is 4.95. The molecule has 0 spiro atoms. The SMILES string of the molecule is CO[C@H]1[C@H](O)[C@@H](O)[C@@H](OC2[C@@H](CO)O[C@H](C)[C@H](O)[C@H]2O)O[C@@H]1CN(CCN)/[N+]([O-])=N/O. The van der Waals surface area contributed by atoms with Crippen LogP contribution < -0.4 is 5.73 Å². The second kappa shape index (κ2) is 11.5.